The molecule has 14 aromatic carbocycles. The summed E-state index contributed by atoms with van der Waals surface area (Å²) < 4.78 is 10.2. The number of pyridine rings is 2. The molecular weight excluding hydrogens is 1280 g/mol. The first kappa shape index (κ1) is 57.9. The highest BCUT2D eigenvalue weighted by Crippen LogP contribution is 2.51. The van der Waals surface area contributed by atoms with Gasteiger partial charge in [0.2, 0.25) is 0 Å². The Morgan fingerprint density at radius 2 is 0.667 bits per heavy atom. The fourth-order valence-electron chi connectivity index (χ4n) is 15.8. The summed E-state index contributed by atoms with van der Waals surface area (Å²) in [6, 6.07) is 112. The molecule has 0 aliphatic carbocycles. The molecule has 0 atom stereocenters. The zero-order valence-corrected chi connectivity index (χ0v) is 56.2. The Balaban J connectivity index is 0.000000133. The van der Waals surface area contributed by atoms with E-state index in [2.05, 4.69) is 316 Å². The summed E-state index contributed by atoms with van der Waals surface area (Å²) in [5.41, 5.74) is 16.5. The lowest BCUT2D eigenvalue weighted by Crippen LogP contribution is -1.98. The van der Waals surface area contributed by atoms with Crippen molar-refractivity contribution < 1.29 is 0 Å². The maximum atomic E-state index is 5.22. The Kier molecular flexibility index (Phi) is 13.2. The lowest BCUT2D eigenvalue weighted by molar-refractivity contribution is 1.17. The standard InChI is InChI=1S/C47H28N4S.C45H26N4S/c1-2-12-29(13-3-1)31-14-10-15-32(28-31)43-38-20-11-27-48-47(38)50-46(49-43)30-23-25-33(26-24-30)51-39-21-8-6-18-36(39)42-44(51)35-17-5-4-16-34(35)41-37-19-7-9-22-40(37)52-45(41)42;1-2-13-30-27(11-1)12-9-18-32(30)41-36-19-10-26-46-45(36)48-44(47-41)28-22-24-29(25-23-28)49-37-20-7-5-16-34(37)40-42(49)33-15-4-3-14-31(33)39-35-17-6-8-21-38(35)50-43(39)40/h1-28H;1-26H. The summed E-state index contributed by atoms with van der Waals surface area (Å²) in [6.07, 6.45) is 3.60. The van der Waals surface area contributed by atoms with Crippen LogP contribution in [0.5, 0.6) is 0 Å². The van der Waals surface area contributed by atoms with E-state index in [9.17, 15) is 0 Å². The summed E-state index contributed by atoms with van der Waals surface area (Å²) in [5, 5.41) is 19.7. The van der Waals surface area contributed by atoms with Gasteiger partial charge in [0, 0.05) is 129 Å². The van der Waals surface area contributed by atoms with Gasteiger partial charge in [0.25, 0.3) is 0 Å². The molecule has 474 valence electrons. The van der Waals surface area contributed by atoms with Crippen LogP contribution >= 0.6 is 22.7 Å². The minimum atomic E-state index is 0.650. The van der Waals surface area contributed by atoms with Gasteiger partial charge in [-0.2, -0.15) is 0 Å². The van der Waals surface area contributed by atoms with Crippen LogP contribution in [0.3, 0.4) is 0 Å². The second-order valence-corrected chi connectivity index (χ2v) is 28.1. The van der Waals surface area contributed by atoms with Crippen LogP contribution in [0.15, 0.2) is 328 Å². The summed E-state index contributed by atoms with van der Waals surface area (Å²) in [5.74, 6) is 1.31. The van der Waals surface area contributed by atoms with E-state index in [1.54, 1.807) is 12.4 Å². The van der Waals surface area contributed by atoms with Gasteiger partial charge < -0.3 is 9.13 Å². The van der Waals surface area contributed by atoms with E-state index in [1.165, 1.54) is 116 Å². The van der Waals surface area contributed by atoms with Crippen molar-refractivity contribution in [3.05, 3.63) is 328 Å². The van der Waals surface area contributed by atoms with Gasteiger partial charge in [-0.1, -0.05) is 212 Å². The monoisotopic (exact) mass is 1330 g/mol. The summed E-state index contributed by atoms with van der Waals surface area (Å²) >= 11 is 3.79. The molecule has 0 bridgehead atoms. The van der Waals surface area contributed by atoms with Gasteiger partial charge in [-0.05, 0) is 136 Å². The first-order valence-electron chi connectivity index (χ1n) is 34.2. The minimum absolute atomic E-state index is 0.650. The zero-order chi connectivity index (χ0) is 66.9. The fraction of sp³-hybridized carbons (Fsp3) is 0. The van der Waals surface area contributed by atoms with Crippen molar-refractivity contribution in [2.75, 3.05) is 0 Å². The predicted octanol–water partition coefficient (Wildman–Crippen LogP) is 24.8. The van der Waals surface area contributed by atoms with Gasteiger partial charge in [-0.3, -0.25) is 0 Å². The Morgan fingerprint density at radius 3 is 1.23 bits per heavy atom. The molecule has 8 aromatic heterocycles. The van der Waals surface area contributed by atoms with Crippen LogP contribution < -0.4 is 0 Å². The smallest absolute Gasteiger partial charge is 0.163 e. The van der Waals surface area contributed by atoms with Crippen LogP contribution in [0.25, 0.3) is 206 Å². The van der Waals surface area contributed by atoms with Crippen molar-refractivity contribution in [1.82, 2.24) is 39.0 Å². The normalized spacial score (nSPS) is 11.9. The molecule has 0 fully saturated rings. The molecule has 0 radical (unpaired) electrons. The minimum Gasteiger partial charge on any atom is -0.309 e. The van der Waals surface area contributed by atoms with E-state index >= 15 is 0 Å². The highest BCUT2D eigenvalue weighted by molar-refractivity contribution is 7.27. The van der Waals surface area contributed by atoms with Gasteiger partial charge in [-0.25, -0.2) is 29.9 Å². The van der Waals surface area contributed by atoms with Crippen LogP contribution in [0.1, 0.15) is 0 Å². The van der Waals surface area contributed by atoms with Crippen LogP contribution in [0.2, 0.25) is 0 Å². The largest absolute Gasteiger partial charge is 0.309 e. The maximum Gasteiger partial charge on any atom is 0.163 e. The Bertz CT molecular complexity index is 7190. The lowest BCUT2D eigenvalue weighted by atomic mass is 9.99. The van der Waals surface area contributed by atoms with Gasteiger partial charge in [-0.15, -0.1) is 22.7 Å². The number of fused-ring (bicyclic) bond motifs is 23. The third-order valence-electron chi connectivity index (χ3n) is 20.3. The van der Waals surface area contributed by atoms with Crippen molar-refractivity contribution in [2.45, 2.75) is 0 Å². The first-order chi connectivity index (χ1) is 50.6. The molecule has 0 saturated carbocycles. The predicted molar refractivity (Wildman–Crippen MR) is 429 cm³/mol. The molecule has 22 rings (SSSR count). The van der Waals surface area contributed by atoms with E-state index in [1.807, 2.05) is 40.9 Å². The number of hydrogen-bond acceptors (Lipinski definition) is 8. The Morgan fingerprint density at radius 1 is 0.255 bits per heavy atom. The number of nitrogens with zero attached hydrogens (tertiary/aromatic N) is 8. The van der Waals surface area contributed by atoms with E-state index in [0.717, 1.165) is 66.7 Å². The summed E-state index contributed by atoms with van der Waals surface area (Å²) in [6.45, 7) is 0. The topological polar surface area (TPSA) is 87.2 Å². The molecule has 10 heteroatoms. The van der Waals surface area contributed by atoms with Crippen molar-refractivity contribution in [3.8, 4) is 67.8 Å². The average Bonchev–Trinajstić information content (AvgIpc) is 1.54. The number of aromatic nitrogens is 8. The summed E-state index contributed by atoms with van der Waals surface area (Å²) in [4.78, 5) is 29.7. The molecule has 0 unspecified atom stereocenters. The van der Waals surface area contributed by atoms with Crippen molar-refractivity contribution in [2.24, 2.45) is 0 Å². The van der Waals surface area contributed by atoms with Crippen molar-refractivity contribution in [1.29, 1.82) is 0 Å². The highest BCUT2D eigenvalue weighted by Gasteiger charge is 2.25. The lowest BCUT2D eigenvalue weighted by Gasteiger charge is -2.13. The van der Waals surface area contributed by atoms with E-state index in [-0.39, 0.29) is 0 Å². The fourth-order valence-corrected chi connectivity index (χ4v) is 18.4. The maximum absolute atomic E-state index is 5.22. The SMILES string of the molecule is c1ccc(-c2cccc(-c3nc(-c4ccc(-n5c6ccccc6c6c7sc8ccccc8c7c7ccccc7c65)cc4)nc4ncccc34)c2)cc1.c1ccc2c(-c3nc(-c4ccc(-n5c6ccccc6c6c7sc8ccccc8c7c7ccccc7c65)cc4)nc4ncccc34)cccc2c1. The second-order valence-electron chi connectivity index (χ2n) is 26.0. The highest BCUT2D eigenvalue weighted by atomic mass is 32.1. The van der Waals surface area contributed by atoms with Crippen LogP contribution in [0, 0.1) is 0 Å². The number of hydrogen-bond donors (Lipinski definition) is 0. The molecule has 0 N–H and O–H groups in total. The molecule has 0 spiro atoms. The van der Waals surface area contributed by atoms with Crippen LogP contribution in [-0.4, -0.2) is 39.0 Å². The van der Waals surface area contributed by atoms with E-state index < -0.39 is 0 Å². The van der Waals surface area contributed by atoms with E-state index in [4.69, 9.17) is 19.9 Å². The number of thiophene rings is 2. The molecular formula is C92H54N8S2. The van der Waals surface area contributed by atoms with Crippen LogP contribution in [-0.2, 0) is 0 Å². The zero-order valence-electron chi connectivity index (χ0n) is 54.6. The Labute approximate surface area is 591 Å². The third kappa shape index (κ3) is 9.06. The quantitative estimate of drug-likeness (QED) is 0.158. The molecule has 0 amide bonds. The number of benzene rings is 14. The van der Waals surface area contributed by atoms with Crippen molar-refractivity contribution in [3.63, 3.8) is 0 Å². The third-order valence-corrected chi connectivity index (χ3v) is 22.7. The molecule has 0 saturated heterocycles. The van der Waals surface area contributed by atoms with Gasteiger partial charge in [0.1, 0.15) is 0 Å². The number of para-hydroxylation sites is 2. The van der Waals surface area contributed by atoms with Gasteiger partial charge >= 0.3 is 0 Å². The van der Waals surface area contributed by atoms with Gasteiger partial charge in [0.05, 0.1) is 33.5 Å². The molecule has 8 heterocycles. The molecule has 102 heavy (non-hydrogen) atoms. The average molecular weight is 1340 g/mol. The molecule has 0 aliphatic rings. The second kappa shape index (κ2) is 23.3. The van der Waals surface area contributed by atoms with Crippen molar-refractivity contribution >= 4 is 161 Å². The van der Waals surface area contributed by atoms with Crippen LogP contribution in [0.4, 0.5) is 0 Å². The Hall–Kier alpha value is -13.1. The molecule has 22 aromatic rings. The first-order valence-corrected chi connectivity index (χ1v) is 35.9. The molecule has 8 nitrogen and oxygen atoms in total. The molecule has 0 aliphatic heterocycles. The van der Waals surface area contributed by atoms with Gasteiger partial charge in [0.15, 0.2) is 22.9 Å². The van der Waals surface area contributed by atoms with E-state index in [0.29, 0.717) is 22.9 Å². The summed E-state index contributed by atoms with van der Waals surface area (Å²) in [7, 11) is 0. The number of rotatable bonds is 7.